The molecule has 4 rings (SSSR count). The zero-order chi connectivity index (χ0) is 22.3. The number of nitrogens with zero attached hydrogens (tertiary/aromatic N) is 2. The Kier molecular flexibility index (Phi) is 7.10. The molecule has 0 atom stereocenters. The number of para-hydroxylation sites is 1. The number of amides is 1. The fourth-order valence-electron chi connectivity index (χ4n) is 4.42. The first-order chi connectivity index (χ1) is 15.7. The van der Waals surface area contributed by atoms with E-state index in [-0.39, 0.29) is 5.91 Å². The van der Waals surface area contributed by atoms with Gasteiger partial charge in [0.05, 0.1) is 0 Å². The van der Waals surface area contributed by atoms with Crippen molar-refractivity contribution >= 4 is 22.8 Å². The van der Waals surface area contributed by atoms with E-state index in [2.05, 4.69) is 76.2 Å². The van der Waals surface area contributed by atoms with Gasteiger partial charge in [-0.25, -0.2) is 0 Å². The molecule has 1 aliphatic rings. The third-order valence-electron chi connectivity index (χ3n) is 6.26. The van der Waals surface area contributed by atoms with Crippen molar-refractivity contribution in [1.29, 1.82) is 0 Å². The highest BCUT2D eigenvalue weighted by Crippen LogP contribution is 2.21. The Morgan fingerprint density at radius 2 is 1.91 bits per heavy atom. The van der Waals surface area contributed by atoms with Gasteiger partial charge in [0.25, 0.3) is 0 Å². The first kappa shape index (κ1) is 21.9. The molecule has 6 heteroatoms. The van der Waals surface area contributed by atoms with E-state index >= 15 is 0 Å². The predicted octanol–water partition coefficient (Wildman–Crippen LogP) is 3.55. The van der Waals surface area contributed by atoms with Crippen LogP contribution < -0.4 is 10.6 Å². The van der Waals surface area contributed by atoms with Gasteiger partial charge in [0.15, 0.2) is 5.96 Å². The summed E-state index contributed by atoms with van der Waals surface area (Å²) in [6, 6.07) is 14.8. The molecule has 1 aromatic heterocycles. The minimum Gasteiger partial charge on any atom is -0.361 e. The van der Waals surface area contributed by atoms with Crippen LogP contribution in [-0.2, 0) is 24.2 Å². The first-order valence-corrected chi connectivity index (χ1v) is 11.5. The molecule has 6 nitrogen and oxygen atoms in total. The molecule has 3 aromatic rings. The van der Waals surface area contributed by atoms with Crippen molar-refractivity contribution in [3.63, 3.8) is 0 Å². The Morgan fingerprint density at radius 3 is 2.75 bits per heavy atom. The highest BCUT2D eigenvalue weighted by molar-refractivity contribution is 5.86. The summed E-state index contributed by atoms with van der Waals surface area (Å²) < 4.78 is 0. The van der Waals surface area contributed by atoms with Gasteiger partial charge >= 0.3 is 0 Å². The van der Waals surface area contributed by atoms with Crippen LogP contribution in [0.4, 0.5) is 0 Å². The normalized spacial score (nSPS) is 13.8. The van der Waals surface area contributed by atoms with Gasteiger partial charge in [0, 0.05) is 56.7 Å². The van der Waals surface area contributed by atoms with Crippen molar-refractivity contribution in [2.75, 3.05) is 26.7 Å². The minimum atomic E-state index is 0.235. The van der Waals surface area contributed by atoms with Gasteiger partial charge in [-0.15, -0.1) is 0 Å². The van der Waals surface area contributed by atoms with E-state index in [0.29, 0.717) is 6.42 Å². The van der Waals surface area contributed by atoms with E-state index in [4.69, 9.17) is 0 Å². The smallest absolute Gasteiger partial charge is 0.222 e. The Labute approximate surface area is 190 Å². The van der Waals surface area contributed by atoms with Crippen molar-refractivity contribution in [2.24, 2.45) is 4.99 Å². The number of guanidine groups is 1. The standard InChI is InChI=1S/C26H33N5O/c1-19-7-5-10-23-21(17-30-25(19)23)12-15-29-26(27-2)28-14-6-11-24(32)31-16-13-20-8-3-4-9-22(20)18-31/h3-5,7-10,17,30H,6,11-16,18H2,1-2H3,(H2,27,28,29). The number of benzene rings is 2. The van der Waals surface area contributed by atoms with Crippen LogP contribution in [0.5, 0.6) is 0 Å². The number of carbonyl (C=O) groups is 1. The molecular formula is C26H33N5O. The van der Waals surface area contributed by atoms with Crippen LogP contribution in [0.2, 0.25) is 0 Å². The lowest BCUT2D eigenvalue weighted by Gasteiger charge is -2.29. The van der Waals surface area contributed by atoms with E-state index in [1.807, 2.05) is 4.90 Å². The van der Waals surface area contributed by atoms with Crippen molar-refractivity contribution in [1.82, 2.24) is 20.5 Å². The van der Waals surface area contributed by atoms with Gasteiger partial charge in [-0.05, 0) is 48.4 Å². The van der Waals surface area contributed by atoms with Crippen molar-refractivity contribution in [3.8, 4) is 0 Å². The predicted molar refractivity (Wildman–Crippen MR) is 131 cm³/mol. The Balaban J connectivity index is 1.17. The van der Waals surface area contributed by atoms with Crippen LogP contribution >= 0.6 is 0 Å². The average molecular weight is 432 g/mol. The second-order valence-electron chi connectivity index (χ2n) is 8.42. The lowest BCUT2D eigenvalue weighted by molar-refractivity contribution is -0.132. The molecule has 0 radical (unpaired) electrons. The zero-order valence-corrected chi connectivity index (χ0v) is 19.1. The third-order valence-corrected chi connectivity index (χ3v) is 6.26. The van der Waals surface area contributed by atoms with Crippen LogP contribution in [0.15, 0.2) is 53.7 Å². The number of carbonyl (C=O) groups excluding carboxylic acids is 1. The largest absolute Gasteiger partial charge is 0.361 e. The van der Waals surface area contributed by atoms with Crippen LogP contribution in [0.25, 0.3) is 10.9 Å². The summed E-state index contributed by atoms with van der Waals surface area (Å²) in [5.41, 5.74) is 6.44. The third kappa shape index (κ3) is 5.13. The molecule has 0 saturated carbocycles. The Hall–Kier alpha value is -3.28. The molecule has 32 heavy (non-hydrogen) atoms. The molecule has 0 aliphatic carbocycles. The Morgan fingerprint density at radius 1 is 1.09 bits per heavy atom. The van der Waals surface area contributed by atoms with Crippen LogP contribution in [0.3, 0.4) is 0 Å². The topological polar surface area (TPSA) is 72.5 Å². The first-order valence-electron chi connectivity index (χ1n) is 11.5. The fraction of sp³-hybridized carbons (Fsp3) is 0.385. The minimum absolute atomic E-state index is 0.235. The van der Waals surface area contributed by atoms with Crippen LogP contribution in [0, 0.1) is 6.92 Å². The van der Waals surface area contributed by atoms with Crippen LogP contribution in [-0.4, -0.2) is 48.4 Å². The number of aryl methyl sites for hydroxylation is 1. The fourth-order valence-corrected chi connectivity index (χ4v) is 4.42. The molecule has 2 aromatic carbocycles. The second kappa shape index (κ2) is 10.4. The number of fused-ring (bicyclic) bond motifs is 2. The number of aliphatic imine (C=N–C) groups is 1. The summed E-state index contributed by atoms with van der Waals surface area (Å²) >= 11 is 0. The average Bonchev–Trinajstić information content (AvgIpc) is 3.24. The Bertz CT molecular complexity index is 1100. The van der Waals surface area contributed by atoms with Crippen molar-refractivity contribution in [2.45, 2.75) is 39.2 Å². The van der Waals surface area contributed by atoms with E-state index in [1.54, 1.807) is 7.05 Å². The van der Waals surface area contributed by atoms with E-state index in [1.165, 1.54) is 33.2 Å². The molecule has 168 valence electrons. The summed E-state index contributed by atoms with van der Waals surface area (Å²) in [6.07, 6.45) is 5.31. The monoisotopic (exact) mass is 431 g/mol. The molecule has 0 unspecified atom stereocenters. The van der Waals surface area contributed by atoms with Gasteiger partial charge in [0.1, 0.15) is 0 Å². The number of hydrogen-bond donors (Lipinski definition) is 3. The molecule has 0 fully saturated rings. The summed E-state index contributed by atoms with van der Waals surface area (Å²) in [5, 5.41) is 7.99. The van der Waals surface area contributed by atoms with E-state index in [0.717, 1.165) is 51.4 Å². The zero-order valence-electron chi connectivity index (χ0n) is 19.1. The van der Waals surface area contributed by atoms with Gasteiger partial charge in [-0.3, -0.25) is 9.79 Å². The van der Waals surface area contributed by atoms with Gasteiger partial charge < -0.3 is 20.5 Å². The highest BCUT2D eigenvalue weighted by Gasteiger charge is 2.19. The lowest BCUT2D eigenvalue weighted by Crippen LogP contribution is -2.39. The highest BCUT2D eigenvalue weighted by atomic mass is 16.2. The van der Waals surface area contributed by atoms with Crippen molar-refractivity contribution in [3.05, 3.63) is 70.9 Å². The summed E-state index contributed by atoms with van der Waals surface area (Å²) in [4.78, 5) is 22.3. The van der Waals surface area contributed by atoms with Gasteiger partial charge in [-0.2, -0.15) is 0 Å². The maximum Gasteiger partial charge on any atom is 0.222 e. The van der Waals surface area contributed by atoms with E-state index < -0.39 is 0 Å². The molecule has 0 saturated heterocycles. The summed E-state index contributed by atoms with van der Waals surface area (Å²) in [5.74, 6) is 1.01. The van der Waals surface area contributed by atoms with Gasteiger partial charge in [-0.1, -0.05) is 42.5 Å². The second-order valence-corrected chi connectivity index (χ2v) is 8.42. The maximum absolute atomic E-state index is 12.6. The number of H-pyrrole nitrogens is 1. The molecule has 1 amide bonds. The summed E-state index contributed by atoms with van der Waals surface area (Å²) in [6.45, 7) is 5.20. The van der Waals surface area contributed by atoms with E-state index in [9.17, 15) is 4.79 Å². The molecule has 1 aliphatic heterocycles. The summed E-state index contributed by atoms with van der Waals surface area (Å²) in [7, 11) is 1.78. The molecule has 0 bridgehead atoms. The quantitative estimate of drug-likeness (QED) is 0.304. The maximum atomic E-state index is 12.6. The molecule has 3 N–H and O–H groups in total. The van der Waals surface area contributed by atoms with Crippen LogP contribution in [0.1, 0.15) is 35.1 Å². The molecule has 0 spiro atoms. The number of aromatic nitrogens is 1. The number of hydrogen-bond acceptors (Lipinski definition) is 2. The number of aromatic amines is 1. The molecular weight excluding hydrogens is 398 g/mol. The number of nitrogens with one attached hydrogen (secondary N) is 3. The lowest BCUT2D eigenvalue weighted by atomic mass is 9.99. The van der Waals surface area contributed by atoms with Gasteiger partial charge in [0.2, 0.25) is 5.91 Å². The molecule has 2 heterocycles. The number of rotatable bonds is 7. The van der Waals surface area contributed by atoms with Crippen molar-refractivity contribution < 1.29 is 4.79 Å². The SMILES string of the molecule is CN=C(NCCCC(=O)N1CCc2ccccc2C1)NCCc1c[nH]c2c(C)cccc12.